The van der Waals surface area contributed by atoms with Crippen LogP contribution in [0.5, 0.6) is 0 Å². The molecule has 0 aliphatic heterocycles. The molecular weight excluding hydrogens is 474 g/mol. The molecule has 0 fully saturated rings. The average Bonchev–Trinajstić information content (AvgIpc) is 2.50. The Morgan fingerprint density at radius 2 is 1.35 bits per heavy atom. The minimum absolute atomic E-state index is 0.436. The van der Waals surface area contributed by atoms with E-state index >= 15 is 0 Å². The molecule has 4 N–H and O–H groups in total. The van der Waals surface area contributed by atoms with Gasteiger partial charge in [0.2, 0.25) is 0 Å². The first-order valence-corrected chi connectivity index (χ1v) is 11.7. The molecule has 1 unspecified atom stereocenters. The van der Waals surface area contributed by atoms with Gasteiger partial charge in [0.15, 0.2) is 0 Å². The van der Waals surface area contributed by atoms with Crippen LogP contribution in [-0.2, 0) is 28.4 Å². The van der Waals surface area contributed by atoms with Gasteiger partial charge in [0.25, 0.3) is 0 Å². The molecular formula is C15H18Cl2N2Pt. The third kappa shape index (κ3) is 5.55. The van der Waals surface area contributed by atoms with Crippen LogP contribution in [0.2, 0.25) is 0 Å². The Hall–Kier alpha value is -0.372. The molecule has 2 aromatic carbocycles. The van der Waals surface area contributed by atoms with E-state index in [4.69, 9.17) is 30.3 Å². The molecule has 0 bridgehead atoms. The van der Waals surface area contributed by atoms with Gasteiger partial charge in [-0.2, -0.15) is 0 Å². The Kier molecular flexibility index (Phi) is 8.44. The normalized spacial score (nSPS) is 13.2. The van der Waals surface area contributed by atoms with Crippen molar-refractivity contribution in [2.75, 3.05) is 6.54 Å². The summed E-state index contributed by atoms with van der Waals surface area (Å²) in [5.41, 5.74) is 14.1. The molecule has 0 amide bonds. The van der Waals surface area contributed by atoms with Gasteiger partial charge in [0, 0.05) is 6.54 Å². The summed E-state index contributed by atoms with van der Waals surface area (Å²) in [5, 5.41) is 0. The van der Waals surface area contributed by atoms with E-state index in [1.807, 2.05) is 48.5 Å². The van der Waals surface area contributed by atoms with Crippen molar-refractivity contribution in [3.05, 3.63) is 71.8 Å². The molecule has 0 spiro atoms. The Labute approximate surface area is 136 Å². The van der Waals surface area contributed by atoms with E-state index in [2.05, 4.69) is 12.1 Å². The summed E-state index contributed by atoms with van der Waals surface area (Å²) < 4.78 is 0. The van der Waals surface area contributed by atoms with Crippen molar-refractivity contribution in [3.63, 3.8) is 0 Å². The summed E-state index contributed by atoms with van der Waals surface area (Å²) in [6.07, 6.45) is 0.758. The fourth-order valence-electron chi connectivity index (χ4n) is 2.02. The van der Waals surface area contributed by atoms with Crippen LogP contribution >= 0.6 is 18.8 Å². The van der Waals surface area contributed by atoms with E-state index in [-0.39, 0.29) is 0 Å². The van der Waals surface area contributed by atoms with E-state index in [1.165, 1.54) is 5.56 Å². The number of halogens is 2. The van der Waals surface area contributed by atoms with Crippen LogP contribution in [-0.4, -0.2) is 6.54 Å². The molecule has 0 radical (unpaired) electrons. The van der Waals surface area contributed by atoms with E-state index < -0.39 is 22.0 Å². The summed E-state index contributed by atoms with van der Waals surface area (Å²) in [5.74, 6) is 0. The topological polar surface area (TPSA) is 52.0 Å². The van der Waals surface area contributed by atoms with Gasteiger partial charge < -0.3 is 11.5 Å². The van der Waals surface area contributed by atoms with Crippen LogP contribution < -0.4 is 11.5 Å². The van der Waals surface area contributed by atoms with Crippen molar-refractivity contribution in [2.24, 2.45) is 11.5 Å². The molecule has 2 aromatic rings. The van der Waals surface area contributed by atoms with Gasteiger partial charge >= 0.3 is 35.3 Å². The fraction of sp³-hybridized carbons (Fsp3) is 0.200. The molecule has 0 aromatic heterocycles. The molecule has 112 valence electrons. The number of nitrogens with two attached hydrogens (primary N) is 2. The second-order valence-corrected chi connectivity index (χ2v) is 7.72. The Morgan fingerprint density at radius 3 is 1.80 bits per heavy atom. The quantitative estimate of drug-likeness (QED) is 0.688. The van der Waals surface area contributed by atoms with Gasteiger partial charge in [-0.05, 0) is 17.5 Å². The number of hydrogen-bond donors (Lipinski definition) is 2. The van der Waals surface area contributed by atoms with Crippen molar-refractivity contribution >= 4 is 18.8 Å². The monoisotopic (exact) mass is 491 g/mol. The number of benzene rings is 2. The zero-order chi connectivity index (χ0) is 14.8. The molecule has 0 heterocycles. The van der Waals surface area contributed by atoms with E-state index in [9.17, 15) is 0 Å². The van der Waals surface area contributed by atoms with Crippen LogP contribution in [0.25, 0.3) is 0 Å². The molecule has 1 atom stereocenters. The van der Waals surface area contributed by atoms with Crippen LogP contribution in [0.1, 0.15) is 11.1 Å². The van der Waals surface area contributed by atoms with Crippen molar-refractivity contribution in [1.82, 2.24) is 0 Å². The molecule has 0 aliphatic rings. The molecule has 20 heavy (non-hydrogen) atoms. The van der Waals surface area contributed by atoms with Crippen LogP contribution in [0.15, 0.2) is 60.7 Å². The van der Waals surface area contributed by atoms with Crippen LogP contribution in [0.4, 0.5) is 0 Å². The van der Waals surface area contributed by atoms with E-state index in [0.29, 0.717) is 6.54 Å². The predicted molar refractivity (Wildman–Crippen MR) is 83.2 cm³/mol. The van der Waals surface area contributed by atoms with Gasteiger partial charge in [-0.1, -0.05) is 60.7 Å². The fourth-order valence-corrected chi connectivity index (χ4v) is 2.02. The van der Waals surface area contributed by atoms with Crippen molar-refractivity contribution in [3.8, 4) is 0 Å². The van der Waals surface area contributed by atoms with Gasteiger partial charge in [-0.25, -0.2) is 0 Å². The van der Waals surface area contributed by atoms with E-state index in [0.717, 1.165) is 12.0 Å². The third-order valence-electron chi connectivity index (χ3n) is 3.08. The first-order valence-electron chi connectivity index (χ1n) is 6.07. The van der Waals surface area contributed by atoms with Crippen molar-refractivity contribution in [1.29, 1.82) is 0 Å². The third-order valence-corrected chi connectivity index (χ3v) is 3.08. The predicted octanol–water partition coefficient (Wildman–Crippen LogP) is 3.42. The first kappa shape index (κ1) is 17.7. The average molecular weight is 492 g/mol. The van der Waals surface area contributed by atoms with Crippen LogP contribution in [0.3, 0.4) is 0 Å². The first-order chi connectivity index (χ1) is 9.66. The van der Waals surface area contributed by atoms with Crippen molar-refractivity contribution in [2.45, 2.75) is 12.0 Å². The summed E-state index contributed by atoms with van der Waals surface area (Å²) in [6.45, 7) is 0.436. The maximum absolute atomic E-state index is 6.43. The van der Waals surface area contributed by atoms with E-state index in [1.54, 1.807) is 0 Å². The van der Waals surface area contributed by atoms with Gasteiger partial charge in [0.1, 0.15) is 0 Å². The molecule has 2 rings (SSSR count). The standard InChI is InChI=1S/C15H18N2.2ClH.Pt/c16-12-15(17,14-9-5-2-6-10-14)11-13-7-3-1-4-8-13;;;/h1-10H,11-12,16-17H2;2*1H;/q;;;+2/p-2. The van der Waals surface area contributed by atoms with Gasteiger partial charge in [-0.3, -0.25) is 0 Å². The molecule has 0 aliphatic carbocycles. The molecule has 5 heteroatoms. The summed E-state index contributed by atoms with van der Waals surface area (Å²) >= 11 is -0.472. The van der Waals surface area contributed by atoms with Crippen molar-refractivity contribution < 1.29 is 16.5 Å². The zero-order valence-electron chi connectivity index (χ0n) is 10.9. The van der Waals surface area contributed by atoms with Gasteiger partial charge in [0.05, 0.1) is 5.54 Å². The minimum atomic E-state index is -0.484. The summed E-state index contributed by atoms with van der Waals surface area (Å²) in [4.78, 5) is 0. The molecule has 0 saturated carbocycles. The number of rotatable bonds is 4. The molecule has 2 nitrogen and oxygen atoms in total. The second-order valence-electron chi connectivity index (χ2n) is 4.43. The SMILES string of the molecule is NCC(N)(Cc1ccccc1)c1ccccc1.[Cl][Pt][Cl]. The molecule has 0 saturated heterocycles. The maximum atomic E-state index is 6.43. The Balaban J connectivity index is 0.000000612. The summed E-state index contributed by atoms with van der Waals surface area (Å²) in [6, 6.07) is 20.3. The Bertz CT molecular complexity index is 482. The number of hydrogen-bond acceptors (Lipinski definition) is 2. The van der Waals surface area contributed by atoms with Crippen LogP contribution in [0, 0.1) is 0 Å². The van der Waals surface area contributed by atoms with Gasteiger partial charge in [-0.15, -0.1) is 0 Å². The summed E-state index contributed by atoms with van der Waals surface area (Å²) in [7, 11) is 9.75. The zero-order valence-corrected chi connectivity index (χ0v) is 14.7. The second kappa shape index (κ2) is 9.54. The Morgan fingerprint density at radius 1 is 0.900 bits per heavy atom.